The number of likely N-dealkylation sites (tertiary alicyclic amines) is 1. The number of hydrogen-bond acceptors (Lipinski definition) is 4. The molecule has 9 heteroatoms. The molecule has 168 valence electrons. The average molecular weight is 485 g/mol. The van der Waals surface area contributed by atoms with E-state index in [9.17, 15) is 13.2 Å². The van der Waals surface area contributed by atoms with Gasteiger partial charge in [0.05, 0.1) is 12.8 Å². The molecule has 0 aliphatic carbocycles. The van der Waals surface area contributed by atoms with Gasteiger partial charge in [0.25, 0.3) is 10.0 Å². The zero-order chi connectivity index (χ0) is 22.6. The fraction of sp³-hybridized carbons (Fsp3) is 0.409. The van der Waals surface area contributed by atoms with E-state index in [0.717, 1.165) is 35.6 Å². The van der Waals surface area contributed by atoms with E-state index >= 15 is 0 Å². The number of carbonyl (C=O) groups is 1. The molecule has 0 unspecified atom stereocenters. The first-order valence-corrected chi connectivity index (χ1v) is 12.3. The number of ether oxygens (including phenoxy) is 1. The topological polar surface area (TPSA) is 66.9 Å². The number of carbonyl (C=O) groups excluding carboxylic acids is 1. The maximum absolute atomic E-state index is 13.8. The molecule has 2 aromatic carbocycles. The number of sulfonamides is 1. The van der Waals surface area contributed by atoms with Gasteiger partial charge in [0, 0.05) is 23.1 Å². The minimum Gasteiger partial charge on any atom is -0.495 e. The van der Waals surface area contributed by atoms with Crippen molar-refractivity contribution in [3.8, 4) is 5.75 Å². The Morgan fingerprint density at radius 3 is 2.23 bits per heavy atom. The van der Waals surface area contributed by atoms with Crippen LogP contribution in [0.4, 0.5) is 5.69 Å². The second-order valence-electron chi connectivity index (χ2n) is 7.59. The lowest BCUT2D eigenvalue weighted by atomic mass is 10.2. The molecular formula is C22H26Cl2N2O4S. The van der Waals surface area contributed by atoms with E-state index in [1.54, 1.807) is 24.0 Å². The molecule has 0 saturated carbocycles. The lowest BCUT2D eigenvalue weighted by molar-refractivity contribution is -0.129. The van der Waals surface area contributed by atoms with Gasteiger partial charge in [-0.1, -0.05) is 42.1 Å². The molecule has 2 aromatic rings. The number of halogens is 2. The van der Waals surface area contributed by atoms with Crippen molar-refractivity contribution in [1.29, 1.82) is 0 Å². The molecule has 1 aliphatic heterocycles. The molecule has 1 heterocycles. The number of aryl methyl sites for hydroxylation is 1. The third-order valence-electron chi connectivity index (χ3n) is 5.26. The maximum atomic E-state index is 13.8. The summed E-state index contributed by atoms with van der Waals surface area (Å²) in [5.41, 5.74) is 0.978. The van der Waals surface area contributed by atoms with E-state index in [1.807, 2.05) is 0 Å². The van der Waals surface area contributed by atoms with Crippen molar-refractivity contribution < 1.29 is 17.9 Å². The molecule has 0 bridgehead atoms. The van der Waals surface area contributed by atoms with E-state index < -0.39 is 10.0 Å². The van der Waals surface area contributed by atoms with Crippen molar-refractivity contribution in [3.63, 3.8) is 0 Å². The van der Waals surface area contributed by atoms with Crippen LogP contribution >= 0.6 is 23.2 Å². The number of anilines is 1. The molecule has 0 atom stereocenters. The fourth-order valence-corrected chi connectivity index (χ4v) is 5.80. The first-order chi connectivity index (χ1) is 14.7. The average Bonchev–Trinajstić information content (AvgIpc) is 3.00. The van der Waals surface area contributed by atoms with Gasteiger partial charge >= 0.3 is 0 Å². The van der Waals surface area contributed by atoms with E-state index in [1.165, 1.54) is 31.4 Å². The van der Waals surface area contributed by atoms with E-state index in [-0.39, 0.29) is 38.8 Å². The van der Waals surface area contributed by atoms with Crippen LogP contribution in [-0.2, 0) is 14.8 Å². The van der Waals surface area contributed by atoms with Gasteiger partial charge in [-0.2, -0.15) is 0 Å². The predicted octanol–water partition coefficient (Wildman–Crippen LogP) is 4.91. The number of nitrogens with zero attached hydrogens (tertiary/aromatic N) is 2. The van der Waals surface area contributed by atoms with Crippen molar-refractivity contribution in [2.75, 3.05) is 31.0 Å². The summed E-state index contributed by atoms with van der Waals surface area (Å²) in [5, 5.41) is 0.558. The quantitative estimate of drug-likeness (QED) is 0.583. The summed E-state index contributed by atoms with van der Waals surface area (Å²) in [6, 6.07) is 9.39. The normalized spacial score (nSPS) is 14.8. The summed E-state index contributed by atoms with van der Waals surface area (Å²) >= 11 is 12.3. The van der Waals surface area contributed by atoms with Gasteiger partial charge in [0.2, 0.25) is 5.91 Å². The van der Waals surface area contributed by atoms with Crippen molar-refractivity contribution in [1.82, 2.24) is 4.90 Å². The van der Waals surface area contributed by atoms with Crippen LogP contribution in [0.2, 0.25) is 10.0 Å². The van der Waals surface area contributed by atoms with Crippen molar-refractivity contribution >= 4 is 44.8 Å². The molecule has 1 saturated heterocycles. The Balaban J connectivity index is 2.07. The molecule has 3 rings (SSSR count). The second kappa shape index (κ2) is 10.1. The predicted molar refractivity (Wildman–Crippen MR) is 124 cm³/mol. The van der Waals surface area contributed by atoms with Gasteiger partial charge in [-0.25, -0.2) is 8.42 Å². The molecule has 1 amide bonds. The second-order valence-corrected chi connectivity index (χ2v) is 10.3. The highest BCUT2D eigenvalue weighted by Gasteiger charge is 2.32. The van der Waals surface area contributed by atoms with Gasteiger partial charge in [0.1, 0.15) is 17.2 Å². The maximum Gasteiger partial charge on any atom is 0.268 e. The van der Waals surface area contributed by atoms with Crippen LogP contribution < -0.4 is 9.04 Å². The zero-order valence-electron chi connectivity index (χ0n) is 17.6. The first kappa shape index (κ1) is 23.7. The Hall–Kier alpha value is -1.96. The highest BCUT2D eigenvalue weighted by molar-refractivity contribution is 7.93. The summed E-state index contributed by atoms with van der Waals surface area (Å²) in [7, 11) is -2.74. The zero-order valence-corrected chi connectivity index (χ0v) is 19.9. The monoisotopic (exact) mass is 484 g/mol. The number of hydrogen-bond donors (Lipinski definition) is 0. The van der Waals surface area contributed by atoms with Gasteiger partial charge in [-0.3, -0.25) is 9.10 Å². The third-order valence-corrected chi connectivity index (χ3v) is 7.49. The SMILES string of the molecule is COc1ccc(C)cc1S(=O)(=O)N(CC(=O)N1CCCCCC1)c1cc(Cl)cc(Cl)c1. The van der Waals surface area contributed by atoms with Gasteiger partial charge < -0.3 is 9.64 Å². The lowest BCUT2D eigenvalue weighted by Gasteiger charge is -2.28. The van der Waals surface area contributed by atoms with Crippen LogP contribution in [0.5, 0.6) is 5.75 Å². The fourth-order valence-electron chi connectivity index (χ4n) is 3.65. The standard InChI is InChI=1S/C22H26Cl2N2O4S/c1-16-7-8-20(30-2)21(11-16)31(28,29)26(19-13-17(23)12-18(24)14-19)15-22(27)25-9-5-3-4-6-10-25/h7-8,11-14H,3-6,9-10,15H2,1-2H3. The van der Waals surface area contributed by atoms with Crippen LogP contribution in [0, 0.1) is 6.92 Å². The van der Waals surface area contributed by atoms with Crippen molar-refractivity contribution in [2.24, 2.45) is 0 Å². The van der Waals surface area contributed by atoms with E-state index in [0.29, 0.717) is 13.1 Å². The number of amides is 1. The summed E-state index contributed by atoms with van der Waals surface area (Å²) in [5.74, 6) is -0.0564. The molecule has 0 radical (unpaired) electrons. The molecular weight excluding hydrogens is 459 g/mol. The van der Waals surface area contributed by atoms with E-state index in [4.69, 9.17) is 27.9 Å². The summed E-state index contributed by atoms with van der Waals surface area (Å²) in [6.07, 6.45) is 3.95. The molecule has 0 spiro atoms. The minimum absolute atomic E-state index is 0.0187. The molecule has 6 nitrogen and oxygen atoms in total. The number of benzene rings is 2. The van der Waals surface area contributed by atoms with Crippen LogP contribution in [-0.4, -0.2) is 46.0 Å². The van der Waals surface area contributed by atoms with Crippen LogP contribution in [0.1, 0.15) is 31.2 Å². The van der Waals surface area contributed by atoms with Gasteiger partial charge in [0.15, 0.2) is 0 Å². The van der Waals surface area contributed by atoms with E-state index in [2.05, 4.69) is 0 Å². The highest BCUT2D eigenvalue weighted by Crippen LogP contribution is 2.33. The first-order valence-electron chi connectivity index (χ1n) is 10.1. The Morgan fingerprint density at radius 2 is 1.65 bits per heavy atom. The van der Waals surface area contributed by atoms with Crippen LogP contribution in [0.3, 0.4) is 0 Å². The number of methoxy groups -OCH3 is 1. The highest BCUT2D eigenvalue weighted by atomic mass is 35.5. The Kier molecular flexibility index (Phi) is 7.73. The Labute approximate surface area is 193 Å². The van der Waals surface area contributed by atoms with Crippen LogP contribution in [0.25, 0.3) is 0 Å². The summed E-state index contributed by atoms with van der Waals surface area (Å²) < 4.78 is 33.9. The van der Waals surface area contributed by atoms with Crippen molar-refractivity contribution in [2.45, 2.75) is 37.5 Å². The largest absolute Gasteiger partial charge is 0.495 e. The van der Waals surface area contributed by atoms with Crippen LogP contribution in [0.15, 0.2) is 41.3 Å². The molecule has 1 aliphatic rings. The third kappa shape index (κ3) is 5.64. The van der Waals surface area contributed by atoms with Gasteiger partial charge in [-0.05, 0) is 55.7 Å². The summed E-state index contributed by atoms with van der Waals surface area (Å²) in [4.78, 5) is 14.8. The molecule has 31 heavy (non-hydrogen) atoms. The Bertz CT molecular complexity index is 1030. The summed E-state index contributed by atoms with van der Waals surface area (Å²) in [6.45, 7) is 2.69. The molecule has 0 aromatic heterocycles. The lowest BCUT2D eigenvalue weighted by Crippen LogP contribution is -2.43. The van der Waals surface area contributed by atoms with Gasteiger partial charge in [-0.15, -0.1) is 0 Å². The molecule has 0 N–H and O–H groups in total. The number of rotatable bonds is 6. The smallest absolute Gasteiger partial charge is 0.268 e. The van der Waals surface area contributed by atoms with Crippen molar-refractivity contribution in [3.05, 3.63) is 52.0 Å². The molecule has 1 fully saturated rings. The minimum atomic E-state index is -4.15. The Morgan fingerprint density at radius 1 is 1.03 bits per heavy atom.